The number of amides is 2. The van der Waals surface area contributed by atoms with Crippen molar-refractivity contribution in [1.29, 1.82) is 0 Å². The van der Waals surface area contributed by atoms with Crippen molar-refractivity contribution in [3.63, 3.8) is 0 Å². The van der Waals surface area contributed by atoms with Gasteiger partial charge in [0.15, 0.2) is 0 Å². The Morgan fingerprint density at radius 1 is 1.00 bits per heavy atom. The van der Waals surface area contributed by atoms with Crippen molar-refractivity contribution in [2.45, 2.75) is 6.92 Å². The molecule has 0 saturated carbocycles. The number of carbonyl (C=O) groups is 2. The topological polar surface area (TPSA) is 81.2 Å². The highest BCUT2D eigenvalue weighted by molar-refractivity contribution is 7.88. The Labute approximate surface area is 132 Å². The fraction of sp³-hybridized carbons (Fsp3) is 0.846. The molecule has 128 valence electrons. The van der Waals surface area contributed by atoms with E-state index < -0.39 is 10.0 Å². The highest BCUT2D eigenvalue weighted by atomic mass is 32.2. The molecule has 0 aromatic rings. The maximum absolute atomic E-state index is 12.3. The van der Waals surface area contributed by atoms with E-state index in [2.05, 4.69) is 0 Å². The van der Waals surface area contributed by atoms with Crippen LogP contribution in [0.25, 0.3) is 0 Å². The molecule has 0 spiro atoms. The van der Waals surface area contributed by atoms with Crippen LogP contribution < -0.4 is 0 Å². The Bertz CT molecular complexity index is 498. The van der Waals surface area contributed by atoms with E-state index in [0.717, 1.165) is 6.26 Å². The minimum atomic E-state index is -3.42. The molecule has 22 heavy (non-hydrogen) atoms. The first kappa shape index (κ1) is 18.9. The van der Waals surface area contributed by atoms with Crippen molar-refractivity contribution >= 4 is 21.8 Å². The number of carbonyl (C=O) groups excluding carboxylic acids is 2. The third kappa shape index (κ3) is 5.90. The zero-order valence-electron chi connectivity index (χ0n) is 13.8. The lowest BCUT2D eigenvalue weighted by atomic mass is 10.3. The first-order chi connectivity index (χ1) is 10.1. The van der Waals surface area contributed by atoms with Gasteiger partial charge in [-0.25, -0.2) is 8.42 Å². The summed E-state index contributed by atoms with van der Waals surface area (Å²) in [5.41, 5.74) is 0. The van der Waals surface area contributed by atoms with Gasteiger partial charge in [-0.1, -0.05) is 0 Å². The van der Waals surface area contributed by atoms with Crippen molar-refractivity contribution in [3.05, 3.63) is 0 Å². The number of hydrogen-bond acceptors (Lipinski definition) is 5. The van der Waals surface area contributed by atoms with Crippen LogP contribution >= 0.6 is 0 Å². The Balaban J connectivity index is 2.59. The van der Waals surface area contributed by atoms with Crippen LogP contribution in [0.2, 0.25) is 0 Å². The Hall–Kier alpha value is -1.19. The van der Waals surface area contributed by atoms with E-state index in [0.29, 0.717) is 32.7 Å². The van der Waals surface area contributed by atoms with E-state index in [1.54, 1.807) is 9.80 Å². The number of hydrogen-bond donors (Lipinski definition) is 0. The predicted molar refractivity (Wildman–Crippen MR) is 83.8 cm³/mol. The molecule has 0 unspecified atom stereocenters. The van der Waals surface area contributed by atoms with Crippen molar-refractivity contribution in [2.75, 3.05) is 66.2 Å². The first-order valence-electron chi connectivity index (χ1n) is 7.24. The van der Waals surface area contributed by atoms with Crippen LogP contribution in [0, 0.1) is 0 Å². The van der Waals surface area contributed by atoms with Crippen LogP contribution in [-0.4, -0.2) is 105 Å². The number of piperazine rings is 1. The van der Waals surface area contributed by atoms with Gasteiger partial charge in [0.2, 0.25) is 21.8 Å². The van der Waals surface area contributed by atoms with Crippen LogP contribution in [0.1, 0.15) is 6.92 Å². The molecule has 1 aliphatic heterocycles. The summed E-state index contributed by atoms with van der Waals surface area (Å²) in [6, 6.07) is 0. The van der Waals surface area contributed by atoms with Gasteiger partial charge in [0.25, 0.3) is 0 Å². The van der Waals surface area contributed by atoms with Crippen LogP contribution in [0.3, 0.4) is 0 Å². The highest BCUT2D eigenvalue weighted by Crippen LogP contribution is 2.05. The molecule has 1 heterocycles. The van der Waals surface area contributed by atoms with Gasteiger partial charge >= 0.3 is 0 Å². The predicted octanol–water partition coefficient (Wildman–Crippen LogP) is -1.50. The van der Waals surface area contributed by atoms with Crippen LogP contribution in [0.5, 0.6) is 0 Å². The summed E-state index contributed by atoms with van der Waals surface area (Å²) >= 11 is 0. The van der Waals surface area contributed by atoms with Gasteiger partial charge in [0.05, 0.1) is 12.8 Å². The maximum Gasteiger partial charge on any atom is 0.238 e. The molecule has 1 aliphatic rings. The molecule has 2 amide bonds. The molecule has 0 radical (unpaired) electrons. The number of nitrogens with zero attached hydrogens (tertiary/aromatic N) is 4. The second-order valence-corrected chi connectivity index (χ2v) is 7.77. The van der Waals surface area contributed by atoms with E-state index in [9.17, 15) is 18.0 Å². The molecule has 0 aromatic carbocycles. The lowest BCUT2D eigenvalue weighted by Crippen LogP contribution is -2.53. The summed E-state index contributed by atoms with van der Waals surface area (Å²) in [5, 5.41) is 0. The molecule has 0 aliphatic carbocycles. The summed E-state index contributed by atoms with van der Waals surface area (Å²) in [4.78, 5) is 28.7. The normalized spacial score (nSPS) is 16.5. The largest absolute Gasteiger partial charge is 0.339 e. The molecule has 1 saturated heterocycles. The van der Waals surface area contributed by atoms with Gasteiger partial charge in [-0.15, -0.1) is 0 Å². The van der Waals surface area contributed by atoms with Gasteiger partial charge in [-0.3, -0.25) is 9.59 Å². The van der Waals surface area contributed by atoms with Crippen molar-refractivity contribution in [1.82, 2.24) is 19.0 Å². The summed E-state index contributed by atoms with van der Waals surface area (Å²) in [6.07, 6.45) is 1.11. The molecule has 0 aromatic heterocycles. The Kier molecular flexibility index (Phi) is 6.76. The summed E-state index contributed by atoms with van der Waals surface area (Å²) < 4.78 is 24.8. The fourth-order valence-corrected chi connectivity index (χ4v) is 2.95. The fourth-order valence-electron chi connectivity index (χ4n) is 2.20. The quantitative estimate of drug-likeness (QED) is 0.591. The molecule has 0 N–H and O–H groups in total. The Morgan fingerprint density at radius 3 is 1.91 bits per heavy atom. The molecular weight excluding hydrogens is 308 g/mol. The average Bonchev–Trinajstić information content (AvgIpc) is 2.41. The lowest BCUT2D eigenvalue weighted by Gasteiger charge is -2.35. The second kappa shape index (κ2) is 7.89. The van der Waals surface area contributed by atoms with Crippen molar-refractivity contribution in [3.8, 4) is 0 Å². The molecule has 0 atom stereocenters. The zero-order chi connectivity index (χ0) is 16.9. The van der Waals surface area contributed by atoms with Crippen molar-refractivity contribution < 1.29 is 18.0 Å². The standard InChI is InChI=1S/C13H26N4O4S/c1-12(18)15-6-8-16(9-7-15)13(19)11-17(22(4,20)21)10-5-14(2)3/h5-11H2,1-4H3. The smallest absolute Gasteiger partial charge is 0.238 e. The van der Waals surface area contributed by atoms with Gasteiger partial charge in [0, 0.05) is 46.2 Å². The van der Waals surface area contributed by atoms with Gasteiger partial charge < -0.3 is 14.7 Å². The van der Waals surface area contributed by atoms with E-state index in [1.165, 1.54) is 11.2 Å². The van der Waals surface area contributed by atoms with Crippen LogP contribution in [-0.2, 0) is 19.6 Å². The molecule has 8 nitrogen and oxygen atoms in total. The van der Waals surface area contributed by atoms with E-state index >= 15 is 0 Å². The molecule has 9 heteroatoms. The zero-order valence-corrected chi connectivity index (χ0v) is 14.6. The van der Waals surface area contributed by atoms with E-state index in [-0.39, 0.29) is 24.9 Å². The van der Waals surface area contributed by atoms with E-state index in [4.69, 9.17) is 0 Å². The van der Waals surface area contributed by atoms with Gasteiger partial charge in [-0.05, 0) is 14.1 Å². The third-order valence-corrected chi connectivity index (χ3v) is 4.90. The SMILES string of the molecule is CC(=O)N1CCN(C(=O)CN(CCN(C)C)S(C)(=O)=O)CC1. The molecule has 0 bridgehead atoms. The number of likely N-dealkylation sites (N-methyl/N-ethyl adjacent to an activating group) is 1. The minimum Gasteiger partial charge on any atom is -0.339 e. The Morgan fingerprint density at radius 2 is 1.50 bits per heavy atom. The van der Waals surface area contributed by atoms with Crippen LogP contribution in [0.15, 0.2) is 0 Å². The maximum atomic E-state index is 12.3. The molecule has 1 rings (SSSR count). The highest BCUT2D eigenvalue weighted by Gasteiger charge is 2.26. The lowest BCUT2D eigenvalue weighted by molar-refractivity contribution is -0.138. The summed E-state index contributed by atoms with van der Waals surface area (Å²) in [6.45, 7) is 4.09. The number of sulfonamides is 1. The number of rotatable bonds is 6. The first-order valence-corrected chi connectivity index (χ1v) is 9.09. The second-order valence-electron chi connectivity index (χ2n) is 5.79. The summed E-state index contributed by atoms with van der Waals surface area (Å²) in [7, 11) is 0.277. The monoisotopic (exact) mass is 334 g/mol. The third-order valence-electron chi connectivity index (χ3n) is 3.65. The van der Waals surface area contributed by atoms with Crippen LogP contribution in [0.4, 0.5) is 0 Å². The van der Waals surface area contributed by atoms with Gasteiger partial charge in [-0.2, -0.15) is 4.31 Å². The average molecular weight is 334 g/mol. The van der Waals surface area contributed by atoms with E-state index in [1.807, 2.05) is 19.0 Å². The molecular formula is C13H26N4O4S. The molecule has 1 fully saturated rings. The van der Waals surface area contributed by atoms with Crippen molar-refractivity contribution in [2.24, 2.45) is 0 Å². The van der Waals surface area contributed by atoms with Gasteiger partial charge in [0.1, 0.15) is 0 Å². The summed E-state index contributed by atoms with van der Waals surface area (Å²) in [5.74, 6) is -0.219. The minimum absolute atomic E-state index is 0.00385.